The van der Waals surface area contributed by atoms with Gasteiger partial charge in [-0.1, -0.05) is 0 Å². The van der Waals surface area contributed by atoms with Crippen LogP contribution in [-0.2, 0) is 0 Å². The summed E-state index contributed by atoms with van der Waals surface area (Å²) in [5, 5.41) is 6.84. The Balaban J connectivity index is 1.81. The van der Waals surface area contributed by atoms with E-state index < -0.39 is 0 Å². The lowest BCUT2D eigenvalue weighted by molar-refractivity contribution is 0.282. The normalized spacial score (nSPS) is 11.9. The molecule has 0 bridgehead atoms. The summed E-state index contributed by atoms with van der Waals surface area (Å²) in [5.41, 5.74) is 1.88. The van der Waals surface area contributed by atoms with Crippen molar-refractivity contribution in [3.63, 3.8) is 0 Å². The zero-order chi connectivity index (χ0) is 18.5. The first-order chi connectivity index (χ1) is 11.6. The first kappa shape index (κ1) is 19.1. The average Bonchev–Trinajstić information content (AvgIpc) is 2.49. The molecule has 0 aliphatic carbocycles. The fourth-order valence-electron chi connectivity index (χ4n) is 2.48. The molecule has 0 aliphatic rings. The summed E-state index contributed by atoms with van der Waals surface area (Å²) in [5.74, 6) is 0.633. The van der Waals surface area contributed by atoms with Crippen LogP contribution in [0.3, 0.4) is 0 Å². The van der Waals surface area contributed by atoms with Crippen molar-refractivity contribution in [1.82, 2.24) is 0 Å². The molecular weight excluding hydrogens is 315 g/mol. The van der Waals surface area contributed by atoms with Crippen molar-refractivity contribution >= 4 is 11.4 Å². The highest BCUT2D eigenvalue weighted by Gasteiger charge is 2.17. The van der Waals surface area contributed by atoms with Crippen molar-refractivity contribution in [2.75, 3.05) is 17.2 Å². The summed E-state index contributed by atoms with van der Waals surface area (Å²) in [4.78, 5) is 0. The summed E-state index contributed by atoms with van der Waals surface area (Å²) < 4.78 is 18.8. The molecule has 0 spiro atoms. The molecule has 4 heteroatoms. The summed E-state index contributed by atoms with van der Waals surface area (Å²) in [6.07, 6.45) is 0.826. The standard InChI is InChI=1S/C21H29FN2O/c1-20(2,3)23-17-10-12-19(13-11-17)25-15-14-21(4,5)24-18-8-6-16(22)7-9-18/h6-13,23-24H,14-15H2,1-5H3. The zero-order valence-electron chi connectivity index (χ0n) is 15.8. The molecule has 2 N–H and O–H groups in total. The lowest BCUT2D eigenvalue weighted by atomic mass is 10.0. The SMILES string of the molecule is CC(C)(C)Nc1ccc(OCCC(C)(C)Nc2ccc(F)cc2)cc1. The van der Waals surface area contributed by atoms with Gasteiger partial charge in [0.05, 0.1) is 6.61 Å². The predicted molar refractivity (Wildman–Crippen MR) is 104 cm³/mol. The molecule has 2 aromatic rings. The molecule has 0 fully saturated rings. The van der Waals surface area contributed by atoms with E-state index in [1.165, 1.54) is 12.1 Å². The van der Waals surface area contributed by atoms with Crippen molar-refractivity contribution in [3.8, 4) is 5.75 Å². The molecule has 0 saturated heterocycles. The van der Waals surface area contributed by atoms with Crippen molar-refractivity contribution in [3.05, 3.63) is 54.3 Å². The lowest BCUT2D eigenvalue weighted by Crippen LogP contribution is -2.32. The van der Waals surface area contributed by atoms with Crippen LogP contribution < -0.4 is 15.4 Å². The summed E-state index contributed by atoms with van der Waals surface area (Å²) in [6.45, 7) is 11.2. The monoisotopic (exact) mass is 344 g/mol. The van der Waals surface area contributed by atoms with E-state index in [-0.39, 0.29) is 16.9 Å². The van der Waals surface area contributed by atoms with E-state index in [9.17, 15) is 4.39 Å². The highest BCUT2D eigenvalue weighted by Crippen LogP contribution is 2.21. The molecule has 0 atom stereocenters. The molecule has 0 heterocycles. The number of hydrogen-bond acceptors (Lipinski definition) is 3. The third-order valence-electron chi connectivity index (χ3n) is 3.70. The molecule has 2 rings (SSSR count). The number of halogens is 1. The Morgan fingerprint density at radius 3 is 1.88 bits per heavy atom. The molecule has 0 amide bonds. The van der Waals surface area contributed by atoms with Gasteiger partial charge in [-0.05, 0) is 83.1 Å². The van der Waals surface area contributed by atoms with Crippen molar-refractivity contribution in [2.24, 2.45) is 0 Å². The number of anilines is 2. The Bertz CT molecular complexity index is 658. The quantitative estimate of drug-likeness (QED) is 0.676. The Morgan fingerprint density at radius 2 is 1.32 bits per heavy atom. The number of nitrogens with one attached hydrogen (secondary N) is 2. The zero-order valence-corrected chi connectivity index (χ0v) is 15.8. The van der Waals surface area contributed by atoms with Gasteiger partial charge in [0.25, 0.3) is 0 Å². The van der Waals surface area contributed by atoms with Gasteiger partial charge >= 0.3 is 0 Å². The van der Waals surface area contributed by atoms with Gasteiger partial charge in [0.1, 0.15) is 11.6 Å². The van der Waals surface area contributed by atoms with Gasteiger partial charge in [0.15, 0.2) is 0 Å². The minimum atomic E-state index is -0.226. The highest BCUT2D eigenvalue weighted by atomic mass is 19.1. The molecule has 136 valence electrons. The van der Waals surface area contributed by atoms with Gasteiger partial charge in [-0.3, -0.25) is 0 Å². The number of ether oxygens (including phenoxy) is 1. The Labute approximate surface area is 150 Å². The van der Waals surface area contributed by atoms with Gasteiger partial charge < -0.3 is 15.4 Å². The average molecular weight is 344 g/mol. The van der Waals surface area contributed by atoms with Gasteiger partial charge in [-0.2, -0.15) is 0 Å². The van der Waals surface area contributed by atoms with Crippen LogP contribution >= 0.6 is 0 Å². The summed E-state index contributed by atoms with van der Waals surface area (Å²) in [6, 6.07) is 14.4. The Kier molecular flexibility index (Phi) is 5.93. The van der Waals surface area contributed by atoms with Crippen LogP contribution in [0.5, 0.6) is 5.75 Å². The van der Waals surface area contributed by atoms with Crippen LogP contribution in [0.4, 0.5) is 15.8 Å². The number of hydrogen-bond donors (Lipinski definition) is 2. The first-order valence-electron chi connectivity index (χ1n) is 8.68. The fourth-order valence-corrected chi connectivity index (χ4v) is 2.48. The van der Waals surface area contributed by atoms with Crippen LogP contribution in [0, 0.1) is 5.82 Å². The maximum absolute atomic E-state index is 13.0. The van der Waals surface area contributed by atoms with E-state index in [4.69, 9.17) is 4.74 Å². The van der Waals surface area contributed by atoms with E-state index >= 15 is 0 Å². The first-order valence-corrected chi connectivity index (χ1v) is 8.68. The van der Waals surface area contributed by atoms with Crippen molar-refractivity contribution < 1.29 is 9.13 Å². The Hall–Kier alpha value is -2.23. The van der Waals surface area contributed by atoms with Gasteiger partial charge in [0, 0.05) is 28.9 Å². The summed E-state index contributed by atoms with van der Waals surface area (Å²) in [7, 11) is 0. The maximum atomic E-state index is 13.0. The molecule has 3 nitrogen and oxygen atoms in total. The molecule has 0 radical (unpaired) electrons. The molecule has 0 aromatic heterocycles. The second-order valence-electron chi connectivity index (χ2n) is 8.01. The van der Waals surface area contributed by atoms with Crippen LogP contribution in [0.2, 0.25) is 0 Å². The summed E-state index contributed by atoms with van der Waals surface area (Å²) >= 11 is 0. The second-order valence-corrected chi connectivity index (χ2v) is 8.01. The molecule has 0 saturated carbocycles. The van der Waals surface area contributed by atoms with E-state index in [0.717, 1.165) is 23.5 Å². The van der Waals surface area contributed by atoms with Crippen molar-refractivity contribution in [2.45, 2.75) is 52.1 Å². The third-order valence-corrected chi connectivity index (χ3v) is 3.70. The van der Waals surface area contributed by atoms with Crippen molar-refractivity contribution in [1.29, 1.82) is 0 Å². The van der Waals surface area contributed by atoms with Gasteiger partial charge in [-0.25, -0.2) is 4.39 Å². The molecule has 0 unspecified atom stereocenters. The van der Waals surface area contributed by atoms with E-state index in [1.807, 2.05) is 24.3 Å². The number of benzene rings is 2. The minimum Gasteiger partial charge on any atom is -0.494 e. The topological polar surface area (TPSA) is 33.3 Å². The third kappa shape index (κ3) is 7.04. The fraction of sp³-hybridized carbons (Fsp3) is 0.429. The lowest BCUT2D eigenvalue weighted by Gasteiger charge is -2.27. The van der Waals surface area contributed by atoms with E-state index in [2.05, 4.69) is 45.3 Å². The highest BCUT2D eigenvalue weighted by molar-refractivity contribution is 5.48. The number of rotatable bonds is 7. The smallest absolute Gasteiger partial charge is 0.123 e. The minimum absolute atomic E-state index is 0.0401. The molecule has 0 aliphatic heterocycles. The van der Waals surface area contributed by atoms with E-state index in [0.29, 0.717) is 6.61 Å². The molecular formula is C21H29FN2O. The largest absolute Gasteiger partial charge is 0.494 e. The van der Waals surface area contributed by atoms with Crippen LogP contribution in [0.25, 0.3) is 0 Å². The second kappa shape index (κ2) is 7.77. The van der Waals surface area contributed by atoms with Gasteiger partial charge in [0.2, 0.25) is 0 Å². The Morgan fingerprint density at radius 1 is 0.800 bits per heavy atom. The molecule has 25 heavy (non-hydrogen) atoms. The van der Waals surface area contributed by atoms with Crippen LogP contribution in [-0.4, -0.2) is 17.7 Å². The van der Waals surface area contributed by atoms with Crippen LogP contribution in [0.15, 0.2) is 48.5 Å². The van der Waals surface area contributed by atoms with E-state index in [1.54, 1.807) is 12.1 Å². The van der Waals surface area contributed by atoms with Crippen LogP contribution in [0.1, 0.15) is 41.0 Å². The molecule has 2 aromatic carbocycles. The van der Waals surface area contributed by atoms with Gasteiger partial charge in [-0.15, -0.1) is 0 Å². The maximum Gasteiger partial charge on any atom is 0.123 e. The predicted octanol–water partition coefficient (Wildman–Crippen LogP) is 5.70.